The van der Waals surface area contributed by atoms with E-state index in [9.17, 15) is 0 Å². The summed E-state index contributed by atoms with van der Waals surface area (Å²) in [4.78, 5) is 0. The normalized spacial score (nSPS) is 11.1. The minimum Gasteiger partial charge on any atom is -0.504 e. The van der Waals surface area contributed by atoms with Gasteiger partial charge in [-0.05, 0) is 17.7 Å². The molecule has 0 radical (unpaired) electrons. The molecule has 0 aliphatic carbocycles. The highest BCUT2D eigenvalue weighted by molar-refractivity contribution is 5.85. The van der Waals surface area contributed by atoms with E-state index in [1.807, 2.05) is 6.07 Å². The maximum atomic E-state index is 9.13. The summed E-state index contributed by atoms with van der Waals surface area (Å²) in [6.45, 7) is 0. The van der Waals surface area contributed by atoms with Crippen molar-refractivity contribution >= 4 is 12.4 Å². The summed E-state index contributed by atoms with van der Waals surface area (Å²) in [6.07, 6.45) is 0.185. The van der Waals surface area contributed by atoms with E-state index < -0.39 is 6.04 Å². The van der Waals surface area contributed by atoms with Crippen molar-refractivity contribution in [3.8, 4) is 17.6 Å². The van der Waals surface area contributed by atoms with Gasteiger partial charge < -0.3 is 15.9 Å². The third-order valence-electron chi connectivity index (χ3n) is 1.74. The number of hydrogen-bond donors (Lipinski definition) is 3. The molecule has 5 heteroatoms. The molecule has 0 saturated carbocycles. The molecule has 0 fully saturated rings. The zero-order chi connectivity index (χ0) is 9.84. The Morgan fingerprint density at radius 2 is 2.00 bits per heavy atom. The van der Waals surface area contributed by atoms with Crippen LogP contribution in [0.2, 0.25) is 0 Å². The first-order valence-corrected chi connectivity index (χ1v) is 3.79. The number of phenols is 2. The Hall–Kier alpha value is -1.44. The molecule has 4 N–H and O–H groups in total. The molecule has 0 bridgehead atoms. The van der Waals surface area contributed by atoms with Gasteiger partial charge in [0.1, 0.15) is 0 Å². The lowest BCUT2D eigenvalue weighted by atomic mass is 10.1. The van der Waals surface area contributed by atoms with Gasteiger partial charge in [-0.3, -0.25) is 0 Å². The Labute approximate surface area is 88.0 Å². The summed E-state index contributed by atoms with van der Waals surface area (Å²) in [5, 5.41) is 26.5. The second-order valence-electron chi connectivity index (χ2n) is 2.72. The SMILES string of the molecule is Cl.N#CC[C@H](N)c1ccc(O)c(O)c1. The van der Waals surface area contributed by atoms with Crippen molar-refractivity contribution in [2.75, 3.05) is 0 Å². The number of nitrogens with two attached hydrogens (primary N) is 1. The van der Waals surface area contributed by atoms with Gasteiger partial charge in [0.05, 0.1) is 12.5 Å². The lowest BCUT2D eigenvalue weighted by Crippen LogP contribution is -2.08. The van der Waals surface area contributed by atoms with Gasteiger partial charge in [0.2, 0.25) is 0 Å². The van der Waals surface area contributed by atoms with Crippen LogP contribution in [0.3, 0.4) is 0 Å². The molecule has 1 rings (SSSR count). The highest BCUT2D eigenvalue weighted by Crippen LogP contribution is 2.27. The van der Waals surface area contributed by atoms with Crippen LogP contribution >= 0.6 is 12.4 Å². The van der Waals surface area contributed by atoms with Gasteiger partial charge in [-0.25, -0.2) is 0 Å². The summed E-state index contributed by atoms with van der Waals surface area (Å²) >= 11 is 0. The number of aromatic hydroxyl groups is 2. The molecule has 14 heavy (non-hydrogen) atoms. The van der Waals surface area contributed by atoms with Gasteiger partial charge in [-0.1, -0.05) is 6.07 Å². The fraction of sp³-hybridized carbons (Fsp3) is 0.222. The van der Waals surface area contributed by atoms with Gasteiger partial charge in [0.15, 0.2) is 11.5 Å². The van der Waals surface area contributed by atoms with Crippen molar-refractivity contribution in [2.45, 2.75) is 12.5 Å². The molecule has 0 aliphatic rings. The molecule has 4 nitrogen and oxygen atoms in total. The Bertz CT molecular complexity index is 349. The summed E-state index contributed by atoms with van der Waals surface area (Å²) < 4.78 is 0. The summed E-state index contributed by atoms with van der Waals surface area (Å²) in [5.74, 6) is -0.404. The first-order valence-electron chi connectivity index (χ1n) is 3.79. The van der Waals surface area contributed by atoms with Crippen LogP contribution in [0.15, 0.2) is 18.2 Å². The van der Waals surface area contributed by atoms with E-state index in [-0.39, 0.29) is 30.3 Å². The van der Waals surface area contributed by atoms with E-state index in [1.54, 1.807) is 6.07 Å². The number of halogens is 1. The molecule has 0 spiro atoms. The maximum absolute atomic E-state index is 9.13. The monoisotopic (exact) mass is 214 g/mol. The summed E-state index contributed by atoms with van der Waals surface area (Å²) in [6, 6.07) is 5.80. The van der Waals surface area contributed by atoms with Gasteiger partial charge in [0, 0.05) is 6.04 Å². The average Bonchev–Trinajstić information content (AvgIpc) is 2.10. The van der Waals surface area contributed by atoms with Crippen LogP contribution in [-0.4, -0.2) is 10.2 Å². The predicted molar refractivity (Wildman–Crippen MR) is 54.2 cm³/mol. The quantitative estimate of drug-likeness (QED) is 0.650. The Morgan fingerprint density at radius 1 is 1.36 bits per heavy atom. The zero-order valence-corrected chi connectivity index (χ0v) is 8.16. The number of hydrogen-bond acceptors (Lipinski definition) is 4. The first kappa shape index (κ1) is 12.6. The molecule has 0 unspecified atom stereocenters. The van der Waals surface area contributed by atoms with Crippen LogP contribution in [0, 0.1) is 11.3 Å². The van der Waals surface area contributed by atoms with Crippen LogP contribution in [0.25, 0.3) is 0 Å². The van der Waals surface area contributed by atoms with Crippen molar-refractivity contribution in [1.82, 2.24) is 0 Å². The smallest absolute Gasteiger partial charge is 0.157 e. The lowest BCUT2D eigenvalue weighted by Gasteiger charge is -2.08. The van der Waals surface area contributed by atoms with E-state index in [1.165, 1.54) is 12.1 Å². The van der Waals surface area contributed by atoms with Crippen LogP contribution in [0.5, 0.6) is 11.5 Å². The third-order valence-corrected chi connectivity index (χ3v) is 1.74. The van der Waals surface area contributed by atoms with E-state index in [4.69, 9.17) is 21.2 Å². The largest absolute Gasteiger partial charge is 0.504 e. The molecule has 0 amide bonds. The molecular weight excluding hydrogens is 204 g/mol. The Kier molecular flexibility index (Phi) is 4.78. The molecule has 0 saturated heterocycles. The third kappa shape index (κ3) is 2.80. The number of benzene rings is 1. The minimum absolute atomic E-state index is 0. The molecule has 0 aromatic heterocycles. The standard InChI is InChI=1S/C9H10N2O2.ClH/c10-4-3-7(11)6-1-2-8(12)9(13)5-6;/h1-2,5,7,12-13H,3,11H2;1H/t7-;/m0./s1. The van der Waals surface area contributed by atoms with Crippen LogP contribution in [-0.2, 0) is 0 Å². The van der Waals surface area contributed by atoms with E-state index in [0.717, 1.165) is 0 Å². The molecule has 0 aliphatic heterocycles. The Morgan fingerprint density at radius 3 is 2.50 bits per heavy atom. The highest BCUT2D eigenvalue weighted by Gasteiger charge is 2.07. The van der Waals surface area contributed by atoms with Crippen molar-refractivity contribution in [3.05, 3.63) is 23.8 Å². The zero-order valence-electron chi connectivity index (χ0n) is 7.34. The predicted octanol–water partition coefficient (Wildman–Crippen LogP) is 1.43. The van der Waals surface area contributed by atoms with Crippen molar-refractivity contribution < 1.29 is 10.2 Å². The maximum Gasteiger partial charge on any atom is 0.157 e. The van der Waals surface area contributed by atoms with Gasteiger partial charge >= 0.3 is 0 Å². The van der Waals surface area contributed by atoms with E-state index >= 15 is 0 Å². The second-order valence-corrected chi connectivity index (χ2v) is 2.72. The highest BCUT2D eigenvalue weighted by atomic mass is 35.5. The van der Waals surface area contributed by atoms with Crippen LogP contribution in [0.4, 0.5) is 0 Å². The number of nitriles is 1. The summed E-state index contributed by atoms with van der Waals surface area (Å²) in [7, 11) is 0. The lowest BCUT2D eigenvalue weighted by molar-refractivity contribution is 0.402. The molecule has 0 heterocycles. The van der Waals surface area contributed by atoms with Crippen LogP contribution in [0.1, 0.15) is 18.0 Å². The Balaban J connectivity index is 0.00000169. The number of nitrogens with zero attached hydrogens (tertiary/aromatic N) is 1. The topological polar surface area (TPSA) is 90.3 Å². The molecule has 76 valence electrons. The number of rotatable bonds is 2. The molecule has 1 aromatic carbocycles. The van der Waals surface area contributed by atoms with E-state index in [0.29, 0.717) is 5.56 Å². The molecular formula is C9H11ClN2O2. The first-order chi connectivity index (χ1) is 6.15. The van der Waals surface area contributed by atoms with Gasteiger partial charge in [-0.15, -0.1) is 12.4 Å². The molecule has 1 atom stereocenters. The minimum atomic E-state index is -0.420. The average molecular weight is 215 g/mol. The fourth-order valence-electron chi connectivity index (χ4n) is 0.987. The van der Waals surface area contributed by atoms with Crippen molar-refractivity contribution in [3.63, 3.8) is 0 Å². The summed E-state index contributed by atoms with van der Waals surface area (Å²) in [5.41, 5.74) is 6.25. The van der Waals surface area contributed by atoms with Gasteiger partial charge in [0.25, 0.3) is 0 Å². The van der Waals surface area contributed by atoms with Gasteiger partial charge in [-0.2, -0.15) is 5.26 Å². The van der Waals surface area contributed by atoms with Crippen LogP contribution < -0.4 is 5.73 Å². The van der Waals surface area contributed by atoms with Crippen molar-refractivity contribution in [1.29, 1.82) is 5.26 Å². The van der Waals surface area contributed by atoms with E-state index in [2.05, 4.69) is 0 Å². The molecule has 1 aromatic rings. The second kappa shape index (κ2) is 5.32. The fourth-order valence-corrected chi connectivity index (χ4v) is 0.987. The van der Waals surface area contributed by atoms with Crippen molar-refractivity contribution in [2.24, 2.45) is 5.73 Å². The number of phenolic OH excluding ortho intramolecular Hbond substituents is 2.